The molecule has 0 amide bonds. The minimum Gasteiger partial charge on any atom is -0.447 e. The van der Waals surface area contributed by atoms with E-state index in [-0.39, 0.29) is 29.3 Å². The molecule has 1 aromatic carbocycles. The van der Waals surface area contributed by atoms with Crippen LogP contribution in [-0.4, -0.2) is 33.4 Å². The van der Waals surface area contributed by atoms with Crippen LogP contribution in [0.15, 0.2) is 54.1 Å². The number of ketones is 2. The lowest BCUT2D eigenvalue weighted by Crippen LogP contribution is -2.68. The van der Waals surface area contributed by atoms with E-state index >= 15 is 0 Å². The molecule has 3 saturated carbocycles. The first-order valence-corrected chi connectivity index (χ1v) is 13.3. The van der Waals surface area contributed by atoms with Gasteiger partial charge in [-0.1, -0.05) is 50.6 Å². The van der Waals surface area contributed by atoms with Crippen LogP contribution >= 0.6 is 23.2 Å². The molecule has 4 nitrogen and oxygen atoms in total. The molecule has 5 rings (SSSR count). The maximum Gasteiger partial charge on any atom is 0.339 e. The summed E-state index contributed by atoms with van der Waals surface area (Å²) in [4.78, 5) is 38.1. The Morgan fingerprint density at radius 1 is 1.11 bits per heavy atom. The highest BCUT2D eigenvalue weighted by Gasteiger charge is 2.75. The van der Waals surface area contributed by atoms with Crippen molar-refractivity contribution in [2.75, 3.05) is 0 Å². The van der Waals surface area contributed by atoms with E-state index in [0.717, 1.165) is 24.8 Å². The fourth-order valence-corrected chi connectivity index (χ4v) is 9.52. The van der Waals surface area contributed by atoms with Gasteiger partial charge in [0.1, 0.15) is 0 Å². The van der Waals surface area contributed by atoms with Gasteiger partial charge in [0.15, 0.2) is 17.2 Å². The minimum absolute atomic E-state index is 0.00419. The van der Waals surface area contributed by atoms with Gasteiger partial charge in [-0.2, -0.15) is 0 Å². The van der Waals surface area contributed by atoms with Gasteiger partial charge in [-0.3, -0.25) is 9.59 Å². The quantitative estimate of drug-likeness (QED) is 0.350. The van der Waals surface area contributed by atoms with Crippen molar-refractivity contribution in [3.63, 3.8) is 0 Å². The molecule has 3 fully saturated rings. The number of carbonyl (C=O) groups excluding carboxylic acids is 3. The maximum absolute atomic E-state index is 13.5. The Balaban J connectivity index is 1.59. The monoisotopic (exact) mass is 514 g/mol. The number of Topliss-reactive ketones (excluding diaryl/α,β-unsaturated/α-hetero) is 1. The summed E-state index contributed by atoms with van der Waals surface area (Å²) < 4.78 is 6.28. The van der Waals surface area contributed by atoms with E-state index in [0.29, 0.717) is 12.0 Å². The summed E-state index contributed by atoms with van der Waals surface area (Å²) in [7, 11) is 0. The van der Waals surface area contributed by atoms with Crippen molar-refractivity contribution in [2.24, 2.45) is 28.6 Å². The number of benzene rings is 1. The average molecular weight is 515 g/mol. The second-order valence-electron chi connectivity index (χ2n) is 11.4. The molecule has 6 heteroatoms. The van der Waals surface area contributed by atoms with E-state index in [4.69, 9.17) is 27.9 Å². The van der Waals surface area contributed by atoms with Gasteiger partial charge in [0.2, 0.25) is 0 Å². The van der Waals surface area contributed by atoms with Crippen molar-refractivity contribution in [2.45, 2.75) is 69.2 Å². The van der Waals surface area contributed by atoms with Crippen molar-refractivity contribution in [3.05, 3.63) is 59.7 Å². The Labute approximate surface area is 217 Å². The van der Waals surface area contributed by atoms with E-state index < -0.39 is 32.7 Å². The van der Waals surface area contributed by atoms with Gasteiger partial charge in [0.25, 0.3) is 0 Å². The predicted octanol–water partition coefficient (Wildman–Crippen LogP) is 6.30. The molecule has 0 spiro atoms. The van der Waals surface area contributed by atoms with E-state index in [1.165, 1.54) is 6.92 Å². The van der Waals surface area contributed by atoms with Gasteiger partial charge < -0.3 is 4.74 Å². The lowest BCUT2D eigenvalue weighted by molar-refractivity contribution is -0.164. The first-order chi connectivity index (χ1) is 16.4. The SMILES string of the molecule is CC(=O)[C@]1(OC(=O)c2ccccc2)[C@H](C)C[C@H]2[C@@H]3CCC4=CC(=O)C=C[C@]4(C)[C@@]3(Cl)[C@@H](Cl)C[C@@]21C. The second kappa shape index (κ2) is 8.05. The van der Waals surface area contributed by atoms with Crippen LogP contribution in [0, 0.1) is 28.6 Å². The first kappa shape index (κ1) is 24.8. The number of rotatable bonds is 3. The number of ether oxygens (including phenoxy) is 1. The number of fused-ring (bicyclic) bond motifs is 5. The molecule has 4 aliphatic rings. The Morgan fingerprint density at radius 3 is 2.46 bits per heavy atom. The van der Waals surface area contributed by atoms with Crippen molar-refractivity contribution >= 4 is 40.7 Å². The molecule has 35 heavy (non-hydrogen) atoms. The van der Waals surface area contributed by atoms with Gasteiger partial charge in [-0.15, -0.1) is 23.2 Å². The molecular formula is C29H32Cl2O4. The Bertz CT molecular complexity index is 1160. The molecule has 0 radical (unpaired) electrons. The van der Waals surface area contributed by atoms with Crippen LogP contribution in [0.3, 0.4) is 0 Å². The van der Waals surface area contributed by atoms with Crippen molar-refractivity contribution in [1.29, 1.82) is 0 Å². The molecule has 8 atom stereocenters. The van der Waals surface area contributed by atoms with Crippen LogP contribution < -0.4 is 0 Å². The zero-order chi connectivity index (χ0) is 25.4. The predicted molar refractivity (Wildman–Crippen MR) is 137 cm³/mol. The average Bonchev–Trinajstić information content (AvgIpc) is 3.03. The number of esters is 1. The third-order valence-electron chi connectivity index (χ3n) is 9.92. The lowest BCUT2D eigenvalue weighted by atomic mass is 9.46. The molecule has 186 valence electrons. The first-order valence-electron chi connectivity index (χ1n) is 12.5. The molecule has 0 saturated heterocycles. The Hall–Kier alpha value is -1.91. The summed E-state index contributed by atoms with van der Waals surface area (Å²) in [5, 5.41) is -0.485. The summed E-state index contributed by atoms with van der Waals surface area (Å²) in [5.41, 5.74) is -1.04. The summed E-state index contributed by atoms with van der Waals surface area (Å²) in [6.45, 7) is 7.70. The molecule has 0 N–H and O–H groups in total. The van der Waals surface area contributed by atoms with Crippen LogP contribution in [0.4, 0.5) is 0 Å². The highest BCUT2D eigenvalue weighted by molar-refractivity contribution is 6.34. The third kappa shape index (κ3) is 3.08. The summed E-state index contributed by atoms with van der Waals surface area (Å²) in [6.07, 6.45) is 7.96. The number of hydrogen-bond donors (Lipinski definition) is 0. The smallest absolute Gasteiger partial charge is 0.339 e. The van der Waals surface area contributed by atoms with Gasteiger partial charge in [-0.05, 0) is 68.7 Å². The number of allylic oxidation sites excluding steroid dienone is 4. The van der Waals surface area contributed by atoms with Crippen LogP contribution in [0.5, 0.6) is 0 Å². The summed E-state index contributed by atoms with van der Waals surface area (Å²) in [5.74, 6) is -0.778. The van der Waals surface area contributed by atoms with Gasteiger partial charge in [-0.25, -0.2) is 4.79 Å². The van der Waals surface area contributed by atoms with E-state index in [1.54, 1.807) is 36.4 Å². The van der Waals surface area contributed by atoms with E-state index in [2.05, 4.69) is 13.8 Å². The molecule has 0 bridgehead atoms. The number of hydrogen-bond acceptors (Lipinski definition) is 4. The summed E-state index contributed by atoms with van der Waals surface area (Å²) >= 11 is 14.8. The second-order valence-corrected chi connectivity index (χ2v) is 12.6. The zero-order valence-electron chi connectivity index (χ0n) is 20.6. The third-order valence-corrected chi connectivity index (χ3v) is 11.5. The highest BCUT2D eigenvalue weighted by Crippen LogP contribution is 2.73. The van der Waals surface area contributed by atoms with Crippen LogP contribution in [0.1, 0.15) is 63.7 Å². The molecule has 4 aliphatic carbocycles. The molecule has 0 unspecified atom stereocenters. The number of carbonyl (C=O) groups is 3. The molecular weight excluding hydrogens is 483 g/mol. The van der Waals surface area contributed by atoms with Gasteiger partial charge in [0.05, 0.1) is 15.8 Å². The highest BCUT2D eigenvalue weighted by atomic mass is 35.5. The van der Waals surface area contributed by atoms with Crippen molar-refractivity contribution in [3.8, 4) is 0 Å². The number of halogens is 2. The van der Waals surface area contributed by atoms with Crippen LogP contribution in [0.2, 0.25) is 0 Å². The van der Waals surface area contributed by atoms with E-state index in [9.17, 15) is 14.4 Å². The van der Waals surface area contributed by atoms with Crippen molar-refractivity contribution in [1.82, 2.24) is 0 Å². The molecule has 0 heterocycles. The maximum atomic E-state index is 13.5. The normalized spacial score (nSPS) is 44.1. The molecule has 0 aliphatic heterocycles. The van der Waals surface area contributed by atoms with E-state index in [1.807, 2.05) is 19.1 Å². The van der Waals surface area contributed by atoms with Crippen molar-refractivity contribution < 1.29 is 19.1 Å². The molecule has 1 aromatic rings. The largest absolute Gasteiger partial charge is 0.447 e. The zero-order valence-corrected chi connectivity index (χ0v) is 22.2. The minimum atomic E-state index is -1.29. The Kier molecular flexibility index (Phi) is 5.69. The van der Waals surface area contributed by atoms with Crippen LogP contribution in [-0.2, 0) is 14.3 Å². The van der Waals surface area contributed by atoms with Gasteiger partial charge >= 0.3 is 5.97 Å². The topological polar surface area (TPSA) is 60.4 Å². The summed E-state index contributed by atoms with van der Waals surface area (Å²) in [6, 6.07) is 8.82. The lowest BCUT2D eigenvalue weighted by Gasteiger charge is -2.64. The Morgan fingerprint density at radius 2 is 1.80 bits per heavy atom. The van der Waals surface area contributed by atoms with Gasteiger partial charge in [0, 0.05) is 16.7 Å². The number of alkyl halides is 2. The standard InChI is InChI=1S/C29H32Cl2O4/c1-17-14-23-22-11-10-20-15-21(33)12-13-26(20,3)28(22,31)24(30)16-27(23,4)29(17,18(2)32)35-25(34)19-8-6-5-7-9-19/h5-9,12-13,15,17,22-24H,10-11,14,16H2,1-4H3/t17-,22+,23+,24+,26+,27+,28+,29-/m1/s1. The van der Waals surface area contributed by atoms with Crippen LogP contribution in [0.25, 0.3) is 0 Å². The fourth-order valence-electron chi connectivity index (χ4n) is 8.28. The molecule has 0 aromatic heterocycles. The fraction of sp³-hybridized carbons (Fsp3) is 0.552.